The first-order chi connectivity index (χ1) is 16.3. The van der Waals surface area contributed by atoms with E-state index in [1.54, 1.807) is 7.11 Å². The Morgan fingerprint density at radius 1 is 1.06 bits per heavy atom. The maximum absolute atomic E-state index is 13.3. The molecule has 0 aliphatic carbocycles. The zero-order valence-electron chi connectivity index (χ0n) is 20.3. The van der Waals surface area contributed by atoms with Crippen molar-refractivity contribution in [3.8, 4) is 5.75 Å². The second kappa shape index (κ2) is 12.0. The normalized spacial score (nSPS) is 18.0. The number of ether oxygens (including phenoxy) is 3. The van der Waals surface area contributed by atoms with Gasteiger partial charge in [-0.25, -0.2) is 4.39 Å². The zero-order valence-corrected chi connectivity index (χ0v) is 20.3. The molecule has 0 aromatic heterocycles. The minimum Gasteiger partial charge on any atom is -0.496 e. The van der Waals surface area contributed by atoms with E-state index in [4.69, 9.17) is 9.47 Å². The van der Waals surface area contributed by atoms with Gasteiger partial charge in [0.2, 0.25) is 0 Å². The predicted molar refractivity (Wildman–Crippen MR) is 133 cm³/mol. The Morgan fingerprint density at radius 2 is 1.74 bits per heavy atom. The highest BCUT2D eigenvalue weighted by Crippen LogP contribution is 2.31. The Hall–Kier alpha value is -2.96. The molecule has 182 valence electrons. The number of nitrogens with one attached hydrogen (secondary N) is 1. The first-order valence-electron chi connectivity index (χ1n) is 11.6. The fourth-order valence-corrected chi connectivity index (χ4v) is 4.01. The van der Waals surface area contributed by atoms with Crippen LogP contribution in [0.15, 0.2) is 60.7 Å². The molecular weight excluding hydrogens is 433 g/mol. The lowest BCUT2D eigenvalue weighted by molar-refractivity contribution is -0.138. The van der Waals surface area contributed by atoms with Gasteiger partial charge in [0.05, 0.1) is 19.8 Å². The van der Waals surface area contributed by atoms with Crippen LogP contribution in [0.2, 0.25) is 0 Å². The van der Waals surface area contributed by atoms with Crippen molar-refractivity contribution in [2.24, 2.45) is 0 Å². The number of piperidine rings is 1. The smallest absolute Gasteiger partial charge is 0.293 e. The molecule has 0 spiro atoms. The number of fused-ring (bicyclic) bond motifs is 1. The van der Waals surface area contributed by atoms with Crippen molar-refractivity contribution in [3.05, 3.63) is 77.6 Å². The summed E-state index contributed by atoms with van der Waals surface area (Å²) in [7, 11) is 1.69. The number of carbonyl (C=O) groups excluding carboxylic acids is 1. The summed E-state index contributed by atoms with van der Waals surface area (Å²) in [6, 6.07) is 19.2. The Bertz CT molecular complexity index is 1060. The van der Waals surface area contributed by atoms with E-state index in [-0.39, 0.29) is 23.4 Å². The van der Waals surface area contributed by atoms with Crippen molar-refractivity contribution >= 4 is 17.2 Å². The fourth-order valence-electron chi connectivity index (χ4n) is 4.01. The largest absolute Gasteiger partial charge is 0.496 e. The number of methoxy groups -OCH3 is 1. The number of rotatable bonds is 6. The minimum atomic E-state index is -0.318. The topological polar surface area (TPSA) is 56.8 Å². The van der Waals surface area contributed by atoms with Crippen LogP contribution in [-0.2, 0) is 20.9 Å². The minimum absolute atomic E-state index is 0.0420. The van der Waals surface area contributed by atoms with Crippen LogP contribution < -0.4 is 10.1 Å². The van der Waals surface area contributed by atoms with Crippen LogP contribution in [0.5, 0.6) is 5.75 Å². The summed E-state index contributed by atoms with van der Waals surface area (Å²) < 4.78 is 29.7. The SMILES string of the molecule is CC(C)(C)OC=O.COc1cc2ccccc2cc1COC1CNCCC1c1ccc(F)cc1. The molecule has 34 heavy (non-hydrogen) atoms. The van der Waals surface area contributed by atoms with E-state index >= 15 is 0 Å². The van der Waals surface area contributed by atoms with Gasteiger partial charge in [-0.1, -0.05) is 36.4 Å². The third-order valence-electron chi connectivity index (χ3n) is 5.73. The second-order valence-electron chi connectivity index (χ2n) is 9.34. The lowest BCUT2D eigenvalue weighted by Gasteiger charge is -2.32. The molecule has 0 radical (unpaired) electrons. The summed E-state index contributed by atoms with van der Waals surface area (Å²) in [4.78, 5) is 9.60. The van der Waals surface area contributed by atoms with Crippen LogP contribution >= 0.6 is 0 Å². The average Bonchev–Trinajstić information content (AvgIpc) is 2.82. The molecule has 2 atom stereocenters. The van der Waals surface area contributed by atoms with Gasteiger partial charge in [0.25, 0.3) is 6.47 Å². The Labute approximate surface area is 201 Å². The van der Waals surface area contributed by atoms with E-state index in [9.17, 15) is 9.18 Å². The van der Waals surface area contributed by atoms with E-state index in [1.807, 2.05) is 45.0 Å². The average molecular weight is 468 g/mol. The van der Waals surface area contributed by atoms with Crippen molar-refractivity contribution < 1.29 is 23.4 Å². The van der Waals surface area contributed by atoms with Crippen LogP contribution in [0, 0.1) is 5.82 Å². The van der Waals surface area contributed by atoms with Gasteiger partial charge in [0.1, 0.15) is 17.2 Å². The van der Waals surface area contributed by atoms with Crippen molar-refractivity contribution in [2.75, 3.05) is 20.2 Å². The molecule has 1 heterocycles. The fraction of sp³-hybridized carbons (Fsp3) is 0.393. The van der Waals surface area contributed by atoms with Gasteiger partial charge < -0.3 is 19.5 Å². The first kappa shape index (κ1) is 25.7. The van der Waals surface area contributed by atoms with Crippen LogP contribution in [0.4, 0.5) is 4.39 Å². The molecule has 0 bridgehead atoms. The molecule has 1 aliphatic rings. The maximum Gasteiger partial charge on any atom is 0.293 e. The van der Waals surface area contributed by atoms with Gasteiger partial charge in [-0.2, -0.15) is 0 Å². The van der Waals surface area contributed by atoms with Gasteiger partial charge in [0.15, 0.2) is 0 Å². The number of halogens is 1. The van der Waals surface area contributed by atoms with Crippen LogP contribution in [0.1, 0.15) is 44.2 Å². The van der Waals surface area contributed by atoms with Gasteiger partial charge >= 0.3 is 0 Å². The van der Waals surface area contributed by atoms with E-state index < -0.39 is 0 Å². The summed E-state index contributed by atoms with van der Waals surface area (Å²) >= 11 is 0. The number of hydrogen-bond donors (Lipinski definition) is 1. The van der Waals surface area contributed by atoms with E-state index in [0.29, 0.717) is 13.1 Å². The lowest BCUT2D eigenvalue weighted by Crippen LogP contribution is -2.41. The first-order valence-corrected chi connectivity index (χ1v) is 11.6. The summed E-state index contributed by atoms with van der Waals surface area (Å²) in [6.07, 6.45) is 1.02. The van der Waals surface area contributed by atoms with Crippen molar-refractivity contribution in [1.29, 1.82) is 0 Å². The van der Waals surface area contributed by atoms with Crippen LogP contribution in [-0.4, -0.2) is 38.4 Å². The van der Waals surface area contributed by atoms with Crippen molar-refractivity contribution in [1.82, 2.24) is 5.32 Å². The summed E-state index contributed by atoms with van der Waals surface area (Å²) in [5.41, 5.74) is 1.86. The molecule has 6 heteroatoms. The van der Waals surface area contributed by atoms with E-state index in [0.717, 1.165) is 41.8 Å². The highest BCUT2D eigenvalue weighted by Gasteiger charge is 2.27. The van der Waals surface area contributed by atoms with Crippen LogP contribution in [0.3, 0.4) is 0 Å². The monoisotopic (exact) mass is 467 g/mol. The molecule has 2 unspecified atom stereocenters. The van der Waals surface area contributed by atoms with Gasteiger partial charge in [-0.15, -0.1) is 0 Å². The standard InChI is InChI=1S/C23H24FNO2.C5H10O2/c1-26-22-13-18-5-3-2-4-17(18)12-19(22)15-27-23-14-25-11-10-21(23)16-6-8-20(24)9-7-16;1-5(2,3)7-4-6/h2-9,12-13,21,23,25H,10-11,14-15H2,1H3;4H,1-3H3. The van der Waals surface area contributed by atoms with Gasteiger partial charge in [0, 0.05) is 18.0 Å². The number of hydrogen-bond acceptors (Lipinski definition) is 5. The second-order valence-corrected chi connectivity index (χ2v) is 9.34. The van der Waals surface area contributed by atoms with Crippen molar-refractivity contribution in [2.45, 2.75) is 51.4 Å². The molecule has 3 aromatic rings. The third kappa shape index (κ3) is 7.27. The molecule has 0 saturated carbocycles. The molecular formula is C28H34FNO4. The number of carbonyl (C=O) groups is 1. The quantitative estimate of drug-likeness (QED) is 0.478. The van der Waals surface area contributed by atoms with Gasteiger partial charge in [-0.3, -0.25) is 4.79 Å². The maximum atomic E-state index is 13.3. The third-order valence-corrected chi connectivity index (χ3v) is 5.73. The van der Waals surface area contributed by atoms with E-state index in [1.165, 1.54) is 17.5 Å². The lowest BCUT2D eigenvalue weighted by atomic mass is 9.87. The molecule has 4 rings (SSSR count). The Morgan fingerprint density at radius 3 is 2.32 bits per heavy atom. The summed E-state index contributed by atoms with van der Waals surface area (Å²) in [6.45, 7) is 8.14. The summed E-state index contributed by atoms with van der Waals surface area (Å²) in [5.74, 6) is 0.903. The molecule has 0 amide bonds. The van der Waals surface area contributed by atoms with Crippen molar-refractivity contribution in [3.63, 3.8) is 0 Å². The highest BCUT2D eigenvalue weighted by molar-refractivity contribution is 5.84. The molecule has 5 nitrogen and oxygen atoms in total. The summed E-state index contributed by atoms with van der Waals surface area (Å²) in [5, 5.41) is 5.74. The molecule has 1 fully saturated rings. The predicted octanol–water partition coefficient (Wildman–Crippen LogP) is 5.61. The Balaban J connectivity index is 0.000000406. The van der Waals surface area contributed by atoms with E-state index in [2.05, 4.69) is 34.3 Å². The zero-order chi connectivity index (χ0) is 24.6. The number of benzene rings is 3. The van der Waals surface area contributed by atoms with Gasteiger partial charge in [-0.05, 0) is 74.3 Å². The molecule has 1 N–H and O–H groups in total. The molecule has 1 aliphatic heterocycles. The Kier molecular flexibility index (Phi) is 9.02. The molecule has 1 saturated heterocycles. The molecule has 3 aromatic carbocycles. The highest BCUT2D eigenvalue weighted by atomic mass is 19.1. The van der Waals surface area contributed by atoms with Crippen LogP contribution in [0.25, 0.3) is 10.8 Å².